The van der Waals surface area contributed by atoms with E-state index in [0.29, 0.717) is 11.4 Å². The van der Waals surface area contributed by atoms with Crippen LogP contribution in [0.3, 0.4) is 0 Å². The smallest absolute Gasteiger partial charge is 0.244 e. The van der Waals surface area contributed by atoms with Gasteiger partial charge >= 0.3 is 0 Å². The largest absolute Gasteiger partial charge is 0.311 e. The van der Waals surface area contributed by atoms with E-state index in [1.54, 1.807) is 18.7 Å². The van der Waals surface area contributed by atoms with Gasteiger partial charge in [-0.1, -0.05) is 25.1 Å². The lowest BCUT2D eigenvalue weighted by Gasteiger charge is -2.26. The molecule has 0 radical (unpaired) electrons. The van der Waals surface area contributed by atoms with Crippen LogP contribution in [0.25, 0.3) is 0 Å². The molecule has 0 bridgehead atoms. The SMILES string of the molecule is CCc1cccc(C)c1N(CCNS(=O)(=O)c1c(C)n[nH]c1C)C(C)=O. The number of anilines is 1. The summed E-state index contributed by atoms with van der Waals surface area (Å²) in [6, 6.07) is 5.90. The lowest BCUT2D eigenvalue weighted by atomic mass is 10.0. The third-order valence-electron chi connectivity index (χ3n) is 4.31. The van der Waals surface area contributed by atoms with Crippen LogP contribution in [0.2, 0.25) is 0 Å². The third-order valence-corrected chi connectivity index (χ3v) is 6.03. The van der Waals surface area contributed by atoms with E-state index in [9.17, 15) is 13.2 Å². The molecule has 0 spiro atoms. The summed E-state index contributed by atoms with van der Waals surface area (Å²) < 4.78 is 27.7. The number of rotatable bonds is 7. The van der Waals surface area contributed by atoms with Crippen molar-refractivity contribution in [3.8, 4) is 0 Å². The molecule has 1 heterocycles. The van der Waals surface area contributed by atoms with Crippen LogP contribution >= 0.6 is 0 Å². The van der Waals surface area contributed by atoms with Gasteiger partial charge in [-0.3, -0.25) is 9.89 Å². The van der Waals surface area contributed by atoms with Gasteiger partial charge < -0.3 is 4.90 Å². The summed E-state index contributed by atoms with van der Waals surface area (Å²) in [5.41, 5.74) is 3.82. The van der Waals surface area contributed by atoms with Crippen molar-refractivity contribution in [2.45, 2.75) is 45.9 Å². The number of amides is 1. The summed E-state index contributed by atoms with van der Waals surface area (Å²) in [6.07, 6.45) is 0.792. The van der Waals surface area contributed by atoms with Gasteiger partial charge in [0.1, 0.15) is 4.90 Å². The standard InChI is InChI=1S/C18H26N4O3S/c1-6-16-9-7-8-12(2)17(16)22(15(5)23)11-10-19-26(24,25)18-13(3)20-21-14(18)4/h7-9,19H,6,10-11H2,1-5H3,(H,20,21). The maximum absolute atomic E-state index is 12.5. The van der Waals surface area contributed by atoms with E-state index in [0.717, 1.165) is 23.2 Å². The number of H-pyrrole nitrogens is 1. The van der Waals surface area contributed by atoms with Gasteiger partial charge in [0.25, 0.3) is 0 Å². The number of carbonyl (C=O) groups is 1. The average Bonchev–Trinajstić information content (AvgIpc) is 2.91. The molecule has 0 saturated carbocycles. The predicted molar refractivity (Wildman–Crippen MR) is 102 cm³/mol. The van der Waals surface area contributed by atoms with Crippen LogP contribution in [0.1, 0.15) is 36.4 Å². The fraction of sp³-hybridized carbons (Fsp3) is 0.444. The van der Waals surface area contributed by atoms with E-state index in [-0.39, 0.29) is 23.9 Å². The molecule has 142 valence electrons. The third kappa shape index (κ3) is 4.13. The lowest BCUT2D eigenvalue weighted by Crippen LogP contribution is -2.38. The molecule has 2 aromatic rings. The van der Waals surface area contributed by atoms with Crippen molar-refractivity contribution in [2.24, 2.45) is 0 Å². The van der Waals surface area contributed by atoms with Crippen molar-refractivity contribution >= 4 is 21.6 Å². The molecule has 1 amide bonds. The predicted octanol–water partition coefficient (Wildman–Crippen LogP) is 2.23. The summed E-state index contributed by atoms with van der Waals surface area (Å²) in [7, 11) is -3.69. The monoisotopic (exact) mass is 378 g/mol. The second-order valence-corrected chi connectivity index (χ2v) is 7.97. The van der Waals surface area contributed by atoms with Crippen molar-refractivity contribution in [1.29, 1.82) is 0 Å². The van der Waals surface area contributed by atoms with Crippen LogP contribution in [0, 0.1) is 20.8 Å². The molecule has 1 aromatic heterocycles. The van der Waals surface area contributed by atoms with Crippen LogP contribution in [0.15, 0.2) is 23.1 Å². The van der Waals surface area contributed by atoms with E-state index in [1.807, 2.05) is 32.0 Å². The molecule has 7 nitrogen and oxygen atoms in total. The van der Waals surface area contributed by atoms with E-state index in [4.69, 9.17) is 0 Å². The zero-order valence-corrected chi connectivity index (χ0v) is 16.7. The maximum Gasteiger partial charge on any atom is 0.244 e. The van der Waals surface area contributed by atoms with Crippen molar-refractivity contribution in [1.82, 2.24) is 14.9 Å². The molecule has 2 rings (SSSR count). The Labute approximate surface area is 154 Å². The number of nitrogens with zero attached hydrogens (tertiary/aromatic N) is 2. The van der Waals surface area contributed by atoms with Gasteiger partial charge in [0.05, 0.1) is 11.4 Å². The Morgan fingerprint density at radius 1 is 1.27 bits per heavy atom. The number of hydrogen-bond acceptors (Lipinski definition) is 4. The van der Waals surface area contributed by atoms with E-state index >= 15 is 0 Å². The summed E-state index contributed by atoms with van der Waals surface area (Å²) in [5.74, 6) is -0.121. The Morgan fingerprint density at radius 3 is 2.50 bits per heavy atom. The summed E-state index contributed by atoms with van der Waals surface area (Å²) in [5, 5.41) is 6.60. The van der Waals surface area contributed by atoms with Crippen LogP contribution in [0.5, 0.6) is 0 Å². The van der Waals surface area contributed by atoms with Crippen molar-refractivity contribution < 1.29 is 13.2 Å². The number of nitrogens with one attached hydrogen (secondary N) is 2. The normalized spacial score (nSPS) is 11.6. The minimum absolute atomic E-state index is 0.115. The number of aromatic nitrogens is 2. The second kappa shape index (κ2) is 8.01. The minimum Gasteiger partial charge on any atom is -0.311 e. The fourth-order valence-electron chi connectivity index (χ4n) is 3.12. The van der Waals surface area contributed by atoms with Crippen LogP contribution in [-0.2, 0) is 21.2 Å². The first kappa shape index (κ1) is 20.1. The molecule has 2 N–H and O–H groups in total. The van der Waals surface area contributed by atoms with E-state index in [2.05, 4.69) is 14.9 Å². The topological polar surface area (TPSA) is 95.2 Å². The number of carbonyl (C=O) groups excluding carboxylic acids is 1. The highest BCUT2D eigenvalue weighted by Gasteiger charge is 2.23. The highest BCUT2D eigenvalue weighted by Crippen LogP contribution is 2.26. The van der Waals surface area contributed by atoms with Crippen LogP contribution < -0.4 is 9.62 Å². The van der Waals surface area contributed by atoms with Crippen molar-refractivity contribution in [3.05, 3.63) is 40.7 Å². The Balaban J connectivity index is 2.20. The summed E-state index contributed by atoms with van der Waals surface area (Å²) >= 11 is 0. The molecule has 0 aliphatic carbocycles. The van der Waals surface area contributed by atoms with Crippen molar-refractivity contribution in [2.75, 3.05) is 18.0 Å². The Bertz CT molecular complexity index is 884. The van der Waals surface area contributed by atoms with Crippen LogP contribution in [0.4, 0.5) is 5.69 Å². The highest BCUT2D eigenvalue weighted by molar-refractivity contribution is 7.89. The summed E-state index contributed by atoms with van der Waals surface area (Å²) in [6.45, 7) is 9.14. The van der Waals surface area contributed by atoms with Gasteiger partial charge in [-0.15, -0.1) is 0 Å². The van der Waals surface area contributed by atoms with Gasteiger partial charge in [0, 0.05) is 25.7 Å². The molecule has 0 unspecified atom stereocenters. The van der Waals surface area contributed by atoms with E-state index in [1.165, 1.54) is 6.92 Å². The van der Waals surface area contributed by atoms with Gasteiger partial charge in [-0.25, -0.2) is 13.1 Å². The molecule has 0 saturated heterocycles. The van der Waals surface area contributed by atoms with Gasteiger partial charge in [0.15, 0.2) is 0 Å². The zero-order valence-electron chi connectivity index (χ0n) is 15.9. The first-order valence-corrected chi connectivity index (χ1v) is 10.0. The maximum atomic E-state index is 12.5. The molecule has 0 aliphatic rings. The Kier molecular flexibility index (Phi) is 6.20. The average molecular weight is 378 g/mol. The molecule has 8 heteroatoms. The van der Waals surface area contributed by atoms with Crippen molar-refractivity contribution in [3.63, 3.8) is 0 Å². The zero-order chi connectivity index (χ0) is 19.5. The molecule has 0 fully saturated rings. The van der Waals surface area contributed by atoms with Crippen LogP contribution in [-0.4, -0.2) is 37.6 Å². The van der Waals surface area contributed by atoms with E-state index < -0.39 is 10.0 Å². The molecule has 0 aliphatic heterocycles. The fourth-order valence-corrected chi connectivity index (χ4v) is 4.51. The minimum atomic E-state index is -3.69. The van der Waals surface area contributed by atoms with Gasteiger partial charge in [0.2, 0.25) is 15.9 Å². The number of sulfonamides is 1. The molecular formula is C18H26N4O3S. The first-order chi connectivity index (χ1) is 12.2. The quantitative estimate of drug-likeness (QED) is 0.772. The number of benzene rings is 1. The lowest BCUT2D eigenvalue weighted by molar-refractivity contribution is -0.116. The number of para-hydroxylation sites is 1. The number of aryl methyl sites for hydroxylation is 4. The van der Waals surface area contributed by atoms with Gasteiger partial charge in [-0.2, -0.15) is 5.10 Å². The van der Waals surface area contributed by atoms with Gasteiger partial charge in [-0.05, 0) is 38.3 Å². The highest BCUT2D eigenvalue weighted by atomic mass is 32.2. The molecule has 1 aromatic carbocycles. The molecule has 0 atom stereocenters. The Hall–Kier alpha value is -2.19. The Morgan fingerprint density at radius 2 is 1.96 bits per heavy atom. The first-order valence-electron chi connectivity index (χ1n) is 8.56. The second-order valence-electron chi connectivity index (χ2n) is 6.27. The summed E-state index contributed by atoms with van der Waals surface area (Å²) in [4.78, 5) is 14.0. The molecule has 26 heavy (non-hydrogen) atoms. The molecular weight excluding hydrogens is 352 g/mol. The number of aromatic amines is 1. The number of hydrogen-bond donors (Lipinski definition) is 2.